The quantitative estimate of drug-likeness (QED) is 0.828. The van der Waals surface area contributed by atoms with Crippen LogP contribution in [0.5, 0.6) is 0 Å². The van der Waals surface area contributed by atoms with E-state index in [-0.39, 0.29) is 0 Å². The molecule has 4 nitrogen and oxygen atoms in total. The number of likely N-dealkylation sites (N-methyl/N-ethyl adjacent to an activating group) is 1. The number of anilines is 1. The molecule has 5 heteroatoms. The molecule has 0 fully saturated rings. The first kappa shape index (κ1) is 15.9. The Morgan fingerprint density at radius 2 is 1.71 bits per heavy atom. The van der Waals surface area contributed by atoms with E-state index in [0.717, 1.165) is 47.7 Å². The number of halogens is 1. The van der Waals surface area contributed by atoms with E-state index in [1.807, 2.05) is 36.4 Å². The van der Waals surface area contributed by atoms with Crippen LogP contribution in [-0.4, -0.2) is 41.3 Å². The zero-order chi connectivity index (χ0) is 15.1. The average Bonchev–Trinajstić information content (AvgIpc) is 2.53. The van der Waals surface area contributed by atoms with Crippen molar-refractivity contribution in [3.05, 3.63) is 40.9 Å². The number of nitrogens with zero attached hydrogens (tertiary/aromatic N) is 3. The third-order valence-electron chi connectivity index (χ3n) is 3.43. The van der Waals surface area contributed by atoms with Crippen molar-refractivity contribution >= 4 is 21.7 Å². The second-order valence-electron chi connectivity index (χ2n) is 4.76. The highest BCUT2D eigenvalue weighted by molar-refractivity contribution is 9.10. The van der Waals surface area contributed by atoms with Crippen LogP contribution >= 0.6 is 15.9 Å². The Morgan fingerprint density at radius 1 is 1.00 bits per heavy atom. The van der Waals surface area contributed by atoms with E-state index in [1.165, 1.54) is 0 Å². The SMILES string of the molecule is CCN(CC)CCNc1ccc(-c2ccc(Br)cc2)nn1. The minimum absolute atomic E-state index is 0.822. The van der Waals surface area contributed by atoms with Gasteiger partial charge >= 0.3 is 0 Å². The smallest absolute Gasteiger partial charge is 0.148 e. The minimum Gasteiger partial charge on any atom is -0.367 e. The monoisotopic (exact) mass is 348 g/mol. The predicted molar refractivity (Wildman–Crippen MR) is 91.4 cm³/mol. The maximum absolute atomic E-state index is 4.28. The molecule has 112 valence electrons. The molecule has 0 saturated carbocycles. The molecule has 2 aromatic rings. The van der Waals surface area contributed by atoms with Crippen molar-refractivity contribution in [2.24, 2.45) is 0 Å². The van der Waals surface area contributed by atoms with Gasteiger partial charge in [-0.15, -0.1) is 10.2 Å². The largest absolute Gasteiger partial charge is 0.367 e. The maximum atomic E-state index is 4.28. The van der Waals surface area contributed by atoms with Crippen LogP contribution < -0.4 is 5.32 Å². The Balaban J connectivity index is 1.91. The molecule has 0 radical (unpaired) electrons. The molecule has 0 atom stereocenters. The van der Waals surface area contributed by atoms with Crippen LogP contribution in [0.2, 0.25) is 0 Å². The molecule has 21 heavy (non-hydrogen) atoms. The van der Waals surface area contributed by atoms with Crippen molar-refractivity contribution in [1.29, 1.82) is 0 Å². The lowest BCUT2D eigenvalue weighted by Crippen LogP contribution is -2.28. The van der Waals surface area contributed by atoms with Crippen molar-refractivity contribution in [3.63, 3.8) is 0 Å². The molecule has 0 aliphatic carbocycles. The van der Waals surface area contributed by atoms with Gasteiger partial charge in [-0.3, -0.25) is 0 Å². The van der Waals surface area contributed by atoms with Gasteiger partial charge in [-0.2, -0.15) is 0 Å². The van der Waals surface area contributed by atoms with Crippen molar-refractivity contribution < 1.29 is 0 Å². The minimum atomic E-state index is 0.822. The number of hydrogen-bond donors (Lipinski definition) is 1. The number of hydrogen-bond acceptors (Lipinski definition) is 4. The van der Waals surface area contributed by atoms with Crippen LogP contribution in [0.15, 0.2) is 40.9 Å². The summed E-state index contributed by atoms with van der Waals surface area (Å²) < 4.78 is 1.06. The first-order valence-electron chi connectivity index (χ1n) is 7.28. The lowest BCUT2D eigenvalue weighted by atomic mass is 10.1. The highest BCUT2D eigenvalue weighted by Crippen LogP contribution is 2.19. The Hall–Kier alpha value is -1.46. The summed E-state index contributed by atoms with van der Waals surface area (Å²) in [5.74, 6) is 0.822. The van der Waals surface area contributed by atoms with Crippen molar-refractivity contribution in [3.8, 4) is 11.3 Å². The zero-order valence-electron chi connectivity index (χ0n) is 12.5. The molecular formula is C16H21BrN4. The summed E-state index contributed by atoms with van der Waals surface area (Å²) in [6, 6.07) is 12.0. The van der Waals surface area contributed by atoms with Gasteiger partial charge < -0.3 is 10.2 Å². The first-order chi connectivity index (χ1) is 10.2. The normalized spacial score (nSPS) is 10.9. The topological polar surface area (TPSA) is 41.0 Å². The summed E-state index contributed by atoms with van der Waals surface area (Å²) >= 11 is 3.43. The van der Waals surface area contributed by atoms with Crippen LogP contribution in [0.25, 0.3) is 11.3 Å². The van der Waals surface area contributed by atoms with E-state index >= 15 is 0 Å². The lowest BCUT2D eigenvalue weighted by molar-refractivity contribution is 0.316. The molecule has 0 spiro atoms. The molecular weight excluding hydrogens is 328 g/mol. The van der Waals surface area contributed by atoms with E-state index in [2.05, 4.69) is 50.2 Å². The van der Waals surface area contributed by atoms with E-state index in [4.69, 9.17) is 0 Å². The Labute approximate surface area is 134 Å². The highest BCUT2D eigenvalue weighted by Gasteiger charge is 2.02. The molecule has 0 bridgehead atoms. The van der Waals surface area contributed by atoms with Gasteiger partial charge in [-0.25, -0.2) is 0 Å². The summed E-state index contributed by atoms with van der Waals surface area (Å²) in [5, 5.41) is 11.8. The van der Waals surface area contributed by atoms with Gasteiger partial charge in [0.05, 0.1) is 5.69 Å². The summed E-state index contributed by atoms with van der Waals surface area (Å²) in [7, 11) is 0. The van der Waals surface area contributed by atoms with Gasteiger partial charge in [0.25, 0.3) is 0 Å². The molecule has 0 amide bonds. The number of aromatic nitrogens is 2. The maximum Gasteiger partial charge on any atom is 0.148 e. The number of rotatable bonds is 7. The predicted octanol–water partition coefficient (Wildman–Crippen LogP) is 3.66. The van der Waals surface area contributed by atoms with Crippen LogP contribution in [-0.2, 0) is 0 Å². The van der Waals surface area contributed by atoms with E-state index < -0.39 is 0 Å². The average molecular weight is 349 g/mol. The number of benzene rings is 1. The standard InChI is InChI=1S/C16H21BrN4/c1-3-21(4-2)12-11-18-16-10-9-15(19-20-16)13-5-7-14(17)8-6-13/h5-10H,3-4,11-12H2,1-2H3,(H,18,20). The second-order valence-corrected chi connectivity index (χ2v) is 5.68. The molecule has 1 heterocycles. The Kier molecular flexibility index (Phi) is 6.14. The molecule has 0 aliphatic heterocycles. The molecule has 0 unspecified atom stereocenters. The van der Waals surface area contributed by atoms with Crippen LogP contribution in [0.3, 0.4) is 0 Å². The fraction of sp³-hybridized carbons (Fsp3) is 0.375. The molecule has 0 saturated heterocycles. The summed E-state index contributed by atoms with van der Waals surface area (Å²) in [4.78, 5) is 2.37. The molecule has 0 aliphatic rings. The zero-order valence-corrected chi connectivity index (χ0v) is 14.1. The fourth-order valence-corrected chi connectivity index (χ4v) is 2.35. The highest BCUT2D eigenvalue weighted by atomic mass is 79.9. The van der Waals surface area contributed by atoms with Gasteiger partial charge in [0.1, 0.15) is 5.82 Å². The van der Waals surface area contributed by atoms with Crippen LogP contribution in [0.1, 0.15) is 13.8 Å². The third-order valence-corrected chi connectivity index (χ3v) is 3.96. The van der Waals surface area contributed by atoms with Gasteiger partial charge in [0.2, 0.25) is 0 Å². The lowest BCUT2D eigenvalue weighted by Gasteiger charge is -2.18. The molecule has 2 rings (SSSR count). The van der Waals surface area contributed by atoms with Gasteiger partial charge in [-0.1, -0.05) is 41.9 Å². The number of nitrogens with one attached hydrogen (secondary N) is 1. The van der Waals surface area contributed by atoms with Crippen molar-refractivity contribution in [1.82, 2.24) is 15.1 Å². The van der Waals surface area contributed by atoms with Crippen LogP contribution in [0, 0.1) is 0 Å². The summed E-state index contributed by atoms with van der Waals surface area (Å²) in [6.07, 6.45) is 0. The van der Waals surface area contributed by atoms with E-state index in [1.54, 1.807) is 0 Å². The fourth-order valence-electron chi connectivity index (χ4n) is 2.08. The van der Waals surface area contributed by atoms with E-state index in [9.17, 15) is 0 Å². The van der Waals surface area contributed by atoms with Gasteiger partial charge in [0, 0.05) is 23.1 Å². The summed E-state index contributed by atoms with van der Waals surface area (Å²) in [6.45, 7) is 8.41. The Morgan fingerprint density at radius 3 is 2.29 bits per heavy atom. The van der Waals surface area contributed by atoms with E-state index in [0.29, 0.717) is 0 Å². The Bertz CT molecular complexity index is 535. The van der Waals surface area contributed by atoms with Gasteiger partial charge in [0.15, 0.2) is 0 Å². The van der Waals surface area contributed by atoms with Crippen molar-refractivity contribution in [2.75, 3.05) is 31.5 Å². The summed E-state index contributed by atoms with van der Waals surface area (Å²) in [5.41, 5.74) is 1.96. The van der Waals surface area contributed by atoms with Gasteiger partial charge in [-0.05, 0) is 37.4 Å². The molecule has 1 aromatic carbocycles. The van der Waals surface area contributed by atoms with Crippen LogP contribution in [0.4, 0.5) is 5.82 Å². The first-order valence-corrected chi connectivity index (χ1v) is 8.08. The second kappa shape index (κ2) is 8.10. The third kappa shape index (κ3) is 4.79. The molecule has 1 aromatic heterocycles. The molecule has 1 N–H and O–H groups in total. The van der Waals surface area contributed by atoms with Crippen molar-refractivity contribution in [2.45, 2.75) is 13.8 Å².